The van der Waals surface area contributed by atoms with Crippen molar-refractivity contribution in [1.29, 1.82) is 0 Å². The highest BCUT2D eigenvalue weighted by Crippen LogP contribution is 2.35. The number of pyridine rings is 1. The number of halogens is 5. The van der Waals surface area contributed by atoms with E-state index in [0.717, 1.165) is 6.07 Å². The molecule has 3 heterocycles. The molecule has 4 rings (SSSR count). The lowest BCUT2D eigenvalue weighted by Crippen LogP contribution is -2.48. The van der Waals surface area contributed by atoms with Gasteiger partial charge in [-0.2, -0.15) is 13.2 Å². The molecule has 0 radical (unpaired) electrons. The molecule has 0 aliphatic carbocycles. The number of carbonyl (C=O) groups is 1. The number of hydrogen-bond donors (Lipinski definition) is 1. The van der Waals surface area contributed by atoms with Crippen LogP contribution < -0.4 is 15.0 Å². The van der Waals surface area contributed by atoms with Crippen LogP contribution >= 0.6 is 0 Å². The van der Waals surface area contributed by atoms with Gasteiger partial charge in [0.05, 0.1) is 5.56 Å². The topological polar surface area (TPSA) is 83.5 Å². The molecule has 0 unspecified atom stereocenters. The van der Waals surface area contributed by atoms with Gasteiger partial charge in [-0.3, -0.25) is 9.78 Å². The third-order valence-corrected chi connectivity index (χ3v) is 6.05. The Bertz CT molecular complexity index is 1230. The van der Waals surface area contributed by atoms with Gasteiger partial charge in [-0.15, -0.1) is 10.2 Å². The predicted octanol–water partition coefficient (Wildman–Crippen LogP) is 4.69. The summed E-state index contributed by atoms with van der Waals surface area (Å²) in [6.07, 6.45) is -5.93. The van der Waals surface area contributed by atoms with E-state index in [1.165, 1.54) is 43.5 Å². The van der Waals surface area contributed by atoms with Gasteiger partial charge in [0.2, 0.25) is 11.8 Å². The van der Waals surface area contributed by atoms with E-state index < -0.39 is 18.2 Å². The highest BCUT2D eigenvalue weighted by atomic mass is 19.4. The number of rotatable bonds is 8. The number of hydrogen-bond acceptors (Lipinski definition) is 7. The number of benzene rings is 1. The van der Waals surface area contributed by atoms with Crippen molar-refractivity contribution >= 4 is 17.4 Å². The predicted molar refractivity (Wildman–Crippen MR) is 129 cm³/mol. The summed E-state index contributed by atoms with van der Waals surface area (Å²) in [5, 5.41) is 10.7. The molecule has 8 nitrogen and oxygen atoms in total. The van der Waals surface area contributed by atoms with Crippen molar-refractivity contribution in [2.75, 3.05) is 36.4 Å². The van der Waals surface area contributed by atoms with Crippen molar-refractivity contribution in [3.05, 3.63) is 71.0 Å². The number of nitrogens with one attached hydrogen (secondary N) is 1. The lowest BCUT2D eigenvalue weighted by molar-refractivity contribution is -0.138. The number of piperazine rings is 1. The molecule has 0 atom stereocenters. The van der Waals surface area contributed by atoms with Crippen LogP contribution in [0, 0.1) is 0 Å². The maximum Gasteiger partial charge on any atom is 0.416 e. The molecular weight excluding hydrogens is 511 g/mol. The van der Waals surface area contributed by atoms with Gasteiger partial charge >= 0.3 is 6.18 Å². The monoisotopic (exact) mass is 536 g/mol. The third kappa shape index (κ3) is 6.84. The third-order valence-electron chi connectivity index (χ3n) is 6.05. The van der Waals surface area contributed by atoms with Gasteiger partial charge in [-0.25, -0.2) is 8.78 Å². The van der Waals surface area contributed by atoms with Crippen LogP contribution in [-0.4, -0.2) is 52.2 Å². The molecule has 1 amide bonds. The summed E-state index contributed by atoms with van der Waals surface area (Å²) in [4.78, 5) is 18.7. The summed E-state index contributed by atoms with van der Waals surface area (Å²) in [6, 6.07) is 9.88. The number of amides is 1. The van der Waals surface area contributed by atoms with Crippen LogP contribution in [0.1, 0.15) is 35.7 Å². The summed E-state index contributed by atoms with van der Waals surface area (Å²) in [5.41, 5.74) is -0.0342. The Morgan fingerprint density at radius 3 is 2.39 bits per heavy atom. The van der Waals surface area contributed by atoms with Crippen LogP contribution in [-0.2, 0) is 24.1 Å². The molecule has 1 aliphatic rings. The highest BCUT2D eigenvalue weighted by molar-refractivity contribution is 5.73. The second kappa shape index (κ2) is 11.6. The van der Waals surface area contributed by atoms with Gasteiger partial charge in [-0.05, 0) is 29.8 Å². The Morgan fingerprint density at radius 1 is 1.05 bits per heavy atom. The fourth-order valence-electron chi connectivity index (χ4n) is 3.94. The number of ether oxygens (including phenoxy) is 1. The summed E-state index contributed by atoms with van der Waals surface area (Å²) in [5.74, 6) is 0.348. The Kier molecular flexibility index (Phi) is 8.23. The summed E-state index contributed by atoms with van der Waals surface area (Å²) >= 11 is 0. The minimum atomic E-state index is -4.56. The van der Waals surface area contributed by atoms with Crippen molar-refractivity contribution in [2.45, 2.75) is 32.7 Å². The van der Waals surface area contributed by atoms with Crippen molar-refractivity contribution in [2.24, 2.45) is 0 Å². The van der Waals surface area contributed by atoms with Crippen molar-refractivity contribution in [3.63, 3.8) is 0 Å². The van der Waals surface area contributed by atoms with Crippen LogP contribution in [0.2, 0.25) is 0 Å². The summed E-state index contributed by atoms with van der Waals surface area (Å²) in [6.45, 7) is 3.20. The van der Waals surface area contributed by atoms with Crippen LogP contribution in [0.15, 0.2) is 48.7 Å². The second-order valence-corrected chi connectivity index (χ2v) is 8.62. The van der Waals surface area contributed by atoms with Gasteiger partial charge in [-0.1, -0.05) is 12.1 Å². The Morgan fingerprint density at radius 2 is 1.82 bits per heavy atom. The van der Waals surface area contributed by atoms with Gasteiger partial charge in [0.15, 0.2) is 0 Å². The van der Waals surface area contributed by atoms with Crippen LogP contribution in [0.5, 0.6) is 5.88 Å². The van der Waals surface area contributed by atoms with Gasteiger partial charge in [0, 0.05) is 63.2 Å². The minimum Gasteiger partial charge on any atom is -0.472 e. The van der Waals surface area contributed by atoms with Crippen molar-refractivity contribution < 1.29 is 31.5 Å². The van der Waals surface area contributed by atoms with E-state index >= 15 is 0 Å². The largest absolute Gasteiger partial charge is 0.472 e. The number of aromatic nitrogens is 3. The molecule has 3 aromatic rings. The van der Waals surface area contributed by atoms with Gasteiger partial charge < -0.3 is 19.9 Å². The zero-order valence-corrected chi connectivity index (χ0v) is 20.4. The second-order valence-electron chi connectivity index (χ2n) is 8.62. The van der Waals surface area contributed by atoms with E-state index in [2.05, 4.69) is 20.5 Å². The molecule has 0 saturated carbocycles. The first-order valence-electron chi connectivity index (χ1n) is 11.7. The van der Waals surface area contributed by atoms with Crippen molar-refractivity contribution in [1.82, 2.24) is 20.1 Å². The molecule has 0 spiro atoms. The molecule has 1 aliphatic heterocycles. The standard InChI is InChI=1S/C25H25F5N6O2/c1-16(37)35-8-10-36(11-9-35)19-4-3-18(20(12-19)25(28,29)30)14-32-22-6-7-23(34-33-22)38-15-17-2-5-21(24(26)27)31-13-17/h2-7,12-13,24H,8-11,14-15H2,1H3,(H,32,33). The number of nitrogens with zero attached hydrogens (tertiary/aromatic N) is 5. The quantitative estimate of drug-likeness (QED) is 0.419. The number of anilines is 2. The lowest BCUT2D eigenvalue weighted by atomic mass is 10.0. The molecular formula is C25H25F5N6O2. The molecule has 13 heteroatoms. The fourth-order valence-corrected chi connectivity index (χ4v) is 3.94. The SMILES string of the molecule is CC(=O)N1CCN(c2ccc(CNc3ccc(OCc4ccc(C(F)F)nc4)nn3)c(C(F)(F)F)c2)CC1. The molecule has 202 valence electrons. The first-order chi connectivity index (χ1) is 18.1. The average Bonchev–Trinajstić information content (AvgIpc) is 2.91. The normalized spacial score (nSPS) is 14.1. The molecule has 2 aromatic heterocycles. The summed E-state index contributed by atoms with van der Waals surface area (Å²) in [7, 11) is 0. The molecule has 0 bridgehead atoms. The smallest absolute Gasteiger partial charge is 0.416 e. The first-order valence-corrected chi connectivity index (χ1v) is 11.7. The molecule has 1 N–H and O–H groups in total. The minimum absolute atomic E-state index is 0.0308. The molecule has 1 saturated heterocycles. The Labute approximate surface area is 215 Å². The van der Waals surface area contributed by atoms with Crippen molar-refractivity contribution in [3.8, 4) is 5.88 Å². The maximum atomic E-state index is 13.8. The van der Waals surface area contributed by atoms with E-state index in [-0.39, 0.29) is 42.0 Å². The van der Waals surface area contributed by atoms with E-state index in [0.29, 0.717) is 37.4 Å². The number of carbonyl (C=O) groups excluding carboxylic acids is 1. The zero-order valence-electron chi connectivity index (χ0n) is 20.4. The number of alkyl halides is 5. The molecule has 38 heavy (non-hydrogen) atoms. The van der Waals surface area contributed by atoms with E-state index in [4.69, 9.17) is 4.74 Å². The van der Waals surface area contributed by atoms with Gasteiger partial charge in [0.25, 0.3) is 6.43 Å². The van der Waals surface area contributed by atoms with E-state index in [1.807, 2.05) is 4.90 Å². The average molecular weight is 537 g/mol. The van der Waals surface area contributed by atoms with Crippen LogP contribution in [0.3, 0.4) is 0 Å². The van der Waals surface area contributed by atoms with Gasteiger partial charge in [0.1, 0.15) is 18.1 Å². The van der Waals surface area contributed by atoms with E-state index in [1.54, 1.807) is 11.0 Å². The van der Waals surface area contributed by atoms with Crippen LogP contribution in [0.25, 0.3) is 0 Å². The highest BCUT2D eigenvalue weighted by Gasteiger charge is 2.34. The molecule has 1 aromatic carbocycles. The first kappa shape index (κ1) is 27.0. The molecule has 1 fully saturated rings. The van der Waals surface area contributed by atoms with Crippen LogP contribution in [0.4, 0.5) is 33.5 Å². The fraction of sp³-hybridized carbons (Fsp3) is 0.360. The van der Waals surface area contributed by atoms with E-state index in [9.17, 15) is 26.7 Å². The maximum absolute atomic E-state index is 13.8. The Hall–Kier alpha value is -4.03. The summed E-state index contributed by atoms with van der Waals surface area (Å²) < 4.78 is 72.2. The zero-order chi connectivity index (χ0) is 27.3. The lowest BCUT2D eigenvalue weighted by Gasteiger charge is -2.36. The Balaban J connectivity index is 1.36.